The van der Waals surface area contributed by atoms with Crippen molar-refractivity contribution in [3.63, 3.8) is 0 Å². The molecule has 0 atom stereocenters. The van der Waals surface area contributed by atoms with Gasteiger partial charge < -0.3 is 5.32 Å². The molecule has 0 radical (unpaired) electrons. The smallest absolute Gasteiger partial charge is 0.240 e. The molecule has 2 aromatic carbocycles. The first-order valence-electron chi connectivity index (χ1n) is 8.62. The van der Waals surface area contributed by atoms with Gasteiger partial charge in [-0.15, -0.1) is 0 Å². The third-order valence-electron chi connectivity index (χ3n) is 3.82. The number of hydrazone groups is 1. The van der Waals surface area contributed by atoms with E-state index in [1.54, 1.807) is 18.3 Å². The highest BCUT2D eigenvalue weighted by Gasteiger charge is 2.12. The molecular weight excluding hydrogens is 326 g/mol. The van der Waals surface area contributed by atoms with Crippen LogP contribution in [0.3, 0.4) is 0 Å². The second-order valence-corrected chi connectivity index (χ2v) is 7.08. The van der Waals surface area contributed by atoms with Crippen LogP contribution in [0.1, 0.15) is 44.7 Å². The fourth-order valence-corrected chi connectivity index (χ4v) is 2.28. The van der Waals surface area contributed by atoms with Crippen molar-refractivity contribution in [1.82, 2.24) is 5.43 Å². The molecule has 0 unspecified atom stereocenters. The van der Waals surface area contributed by atoms with E-state index in [0.717, 1.165) is 11.3 Å². The number of hydrogen-bond donors (Lipinski definition) is 2. The Kier molecular flexibility index (Phi) is 6.67. The number of carbonyl (C=O) groups excluding carboxylic acids is 2. The Hall–Kier alpha value is -2.95. The number of nitrogens with one attached hydrogen (secondary N) is 2. The Balaban J connectivity index is 1.74. The van der Waals surface area contributed by atoms with Gasteiger partial charge in [0.05, 0.1) is 6.21 Å². The summed E-state index contributed by atoms with van der Waals surface area (Å²) in [4.78, 5) is 23.6. The molecule has 0 saturated carbocycles. The molecule has 0 spiro atoms. The van der Waals surface area contributed by atoms with Crippen molar-refractivity contribution in [3.05, 3.63) is 65.7 Å². The molecule has 5 nitrogen and oxygen atoms in total. The average Bonchev–Trinajstić information content (AvgIpc) is 2.60. The molecule has 2 amide bonds. The lowest BCUT2D eigenvalue weighted by atomic mass is 9.87. The number of hydrogen-bond acceptors (Lipinski definition) is 3. The summed E-state index contributed by atoms with van der Waals surface area (Å²) in [5.74, 6) is -0.496. The standard InChI is InChI=1S/C21H25N3O2/c1-21(2,3)17-11-9-16(10-12-17)15-22-24-20(26)14-13-19(25)23-18-7-5-4-6-8-18/h4-12,15H,13-14H2,1-3H3,(H,23,25)(H,24,26). The van der Waals surface area contributed by atoms with Crippen LogP contribution in [-0.2, 0) is 15.0 Å². The number of para-hydroxylation sites is 1. The van der Waals surface area contributed by atoms with Crippen LogP contribution >= 0.6 is 0 Å². The van der Waals surface area contributed by atoms with Gasteiger partial charge in [0, 0.05) is 18.5 Å². The Bertz CT molecular complexity index is 760. The van der Waals surface area contributed by atoms with Crippen LogP contribution in [0.4, 0.5) is 5.69 Å². The van der Waals surface area contributed by atoms with Gasteiger partial charge in [-0.05, 0) is 28.7 Å². The Morgan fingerprint density at radius 1 is 0.923 bits per heavy atom. The van der Waals surface area contributed by atoms with Gasteiger partial charge in [0.25, 0.3) is 0 Å². The van der Waals surface area contributed by atoms with Gasteiger partial charge in [-0.1, -0.05) is 63.2 Å². The maximum atomic E-state index is 11.8. The molecule has 0 bridgehead atoms. The largest absolute Gasteiger partial charge is 0.326 e. The summed E-state index contributed by atoms with van der Waals surface area (Å²) < 4.78 is 0. The van der Waals surface area contributed by atoms with Gasteiger partial charge in [0.2, 0.25) is 11.8 Å². The van der Waals surface area contributed by atoms with E-state index >= 15 is 0 Å². The van der Waals surface area contributed by atoms with Crippen molar-refractivity contribution in [2.45, 2.75) is 39.0 Å². The molecule has 26 heavy (non-hydrogen) atoms. The van der Waals surface area contributed by atoms with E-state index in [2.05, 4.69) is 48.7 Å². The summed E-state index contributed by atoms with van der Waals surface area (Å²) in [6.07, 6.45) is 1.78. The third-order valence-corrected chi connectivity index (χ3v) is 3.82. The van der Waals surface area contributed by atoms with Crippen LogP contribution in [-0.4, -0.2) is 18.0 Å². The van der Waals surface area contributed by atoms with Crippen molar-refractivity contribution in [3.8, 4) is 0 Å². The summed E-state index contributed by atoms with van der Waals surface area (Å²) in [5.41, 5.74) is 5.41. The van der Waals surface area contributed by atoms with E-state index in [1.165, 1.54) is 5.56 Å². The predicted molar refractivity (Wildman–Crippen MR) is 105 cm³/mol. The average molecular weight is 351 g/mol. The zero-order valence-corrected chi connectivity index (χ0v) is 15.5. The molecule has 2 aromatic rings. The first-order valence-corrected chi connectivity index (χ1v) is 8.62. The van der Waals surface area contributed by atoms with E-state index < -0.39 is 0 Å². The zero-order chi connectivity index (χ0) is 19.0. The highest BCUT2D eigenvalue weighted by atomic mass is 16.2. The van der Waals surface area contributed by atoms with Crippen molar-refractivity contribution >= 4 is 23.7 Å². The van der Waals surface area contributed by atoms with Gasteiger partial charge in [0.1, 0.15) is 0 Å². The molecule has 0 aliphatic heterocycles. The SMILES string of the molecule is CC(C)(C)c1ccc(C=NNC(=O)CCC(=O)Nc2ccccc2)cc1. The molecule has 0 heterocycles. The first-order chi connectivity index (χ1) is 12.3. The lowest BCUT2D eigenvalue weighted by Crippen LogP contribution is -2.20. The maximum Gasteiger partial charge on any atom is 0.240 e. The van der Waals surface area contributed by atoms with Gasteiger partial charge in [-0.3, -0.25) is 9.59 Å². The quantitative estimate of drug-likeness (QED) is 0.613. The highest BCUT2D eigenvalue weighted by Crippen LogP contribution is 2.21. The Morgan fingerprint density at radius 3 is 2.15 bits per heavy atom. The van der Waals surface area contributed by atoms with Gasteiger partial charge in [-0.25, -0.2) is 5.43 Å². The molecule has 136 valence electrons. The van der Waals surface area contributed by atoms with Gasteiger partial charge in [0.15, 0.2) is 0 Å². The van der Waals surface area contributed by atoms with Crippen molar-refractivity contribution in [1.29, 1.82) is 0 Å². The third kappa shape index (κ3) is 6.51. The van der Waals surface area contributed by atoms with E-state index in [9.17, 15) is 9.59 Å². The minimum Gasteiger partial charge on any atom is -0.326 e. The second-order valence-electron chi connectivity index (χ2n) is 7.08. The predicted octanol–water partition coefficient (Wildman–Crippen LogP) is 3.85. The lowest BCUT2D eigenvalue weighted by molar-refractivity contribution is -0.124. The van der Waals surface area contributed by atoms with Crippen LogP contribution in [0.5, 0.6) is 0 Å². The van der Waals surface area contributed by atoms with Crippen LogP contribution < -0.4 is 10.7 Å². The fraction of sp³-hybridized carbons (Fsp3) is 0.286. The molecule has 0 aliphatic rings. The molecule has 0 saturated heterocycles. The number of anilines is 1. The van der Waals surface area contributed by atoms with Gasteiger partial charge in [-0.2, -0.15) is 5.10 Å². The molecular formula is C21H25N3O2. The maximum absolute atomic E-state index is 11.8. The topological polar surface area (TPSA) is 70.6 Å². The second kappa shape index (κ2) is 8.94. The number of rotatable bonds is 6. The van der Waals surface area contributed by atoms with Gasteiger partial charge >= 0.3 is 0 Å². The highest BCUT2D eigenvalue weighted by molar-refractivity contribution is 5.93. The van der Waals surface area contributed by atoms with Crippen molar-refractivity contribution in [2.24, 2.45) is 5.10 Å². The Labute approximate surface area is 154 Å². The fourth-order valence-electron chi connectivity index (χ4n) is 2.28. The van der Waals surface area contributed by atoms with E-state index in [-0.39, 0.29) is 30.1 Å². The van der Waals surface area contributed by atoms with E-state index in [0.29, 0.717) is 0 Å². The molecule has 0 aromatic heterocycles. The molecule has 2 rings (SSSR count). The van der Waals surface area contributed by atoms with E-state index in [4.69, 9.17) is 0 Å². The summed E-state index contributed by atoms with van der Waals surface area (Å²) in [7, 11) is 0. The lowest BCUT2D eigenvalue weighted by Gasteiger charge is -2.18. The van der Waals surface area contributed by atoms with Crippen LogP contribution in [0.25, 0.3) is 0 Å². The minimum absolute atomic E-state index is 0.0823. The summed E-state index contributed by atoms with van der Waals surface area (Å²) >= 11 is 0. The first kappa shape index (κ1) is 19.4. The van der Waals surface area contributed by atoms with Crippen LogP contribution in [0, 0.1) is 0 Å². The molecule has 0 aliphatic carbocycles. The van der Waals surface area contributed by atoms with Crippen molar-refractivity contribution < 1.29 is 9.59 Å². The molecule has 0 fully saturated rings. The van der Waals surface area contributed by atoms with Crippen LogP contribution in [0.15, 0.2) is 59.7 Å². The monoisotopic (exact) mass is 351 g/mol. The Morgan fingerprint density at radius 2 is 1.54 bits per heavy atom. The van der Waals surface area contributed by atoms with E-state index in [1.807, 2.05) is 30.3 Å². The zero-order valence-electron chi connectivity index (χ0n) is 15.5. The summed E-state index contributed by atoms with van der Waals surface area (Å²) in [6, 6.07) is 17.2. The molecule has 5 heteroatoms. The normalized spacial score (nSPS) is 11.3. The number of carbonyl (C=O) groups is 2. The minimum atomic E-state index is -0.296. The number of amides is 2. The number of nitrogens with zero attached hydrogens (tertiary/aromatic N) is 1. The summed E-state index contributed by atoms with van der Waals surface area (Å²) in [6.45, 7) is 6.47. The van der Waals surface area contributed by atoms with Crippen molar-refractivity contribution in [2.75, 3.05) is 5.32 Å². The summed E-state index contributed by atoms with van der Waals surface area (Å²) in [5, 5.41) is 6.68. The number of benzene rings is 2. The van der Waals surface area contributed by atoms with Crippen LogP contribution in [0.2, 0.25) is 0 Å². The molecule has 2 N–H and O–H groups in total.